The number of piperidine rings is 1. The monoisotopic (exact) mass is 334 g/mol. The molecule has 1 saturated heterocycles. The third-order valence-corrected chi connectivity index (χ3v) is 4.38. The van der Waals surface area contributed by atoms with Gasteiger partial charge < -0.3 is 15.2 Å². The number of ether oxygens (including phenoxy) is 1. The van der Waals surface area contributed by atoms with Crippen molar-refractivity contribution in [3.05, 3.63) is 29.8 Å². The highest BCUT2D eigenvalue weighted by Gasteiger charge is 2.19. The maximum Gasteiger partial charge on any atom is 0.325 e. The Kier molecular flexibility index (Phi) is 7.53. The lowest BCUT2D eigenvalue weighted by Crippen LogP contribution is -2.34. The molecule has 2 N–H and O–H groups in total. The van der Waals surface area contributed by atoms with Crippen molar-refractivity contribution in [3.63, 3.8) is 0 Å². The maximum absolute atomic E-state index is 11.8. The zero-order chi connectivity index (χ0) is 17.4. The van der Waals surface area contributed by atoms with E-state index in [2.05, 4.69) is 16.3 Å². The van der Waals surface area contributed by atoms with Crippen LogP contribution in [0.3, 0.4) is 0 Å². The standard InChI is InChI=1S/C19H30N2O3/c1-15(2)14-24-19(23)11-20-18-6-4-3-5-17(18)12-21-9-7-16(13-22)8-10-21/h3-6,15-16,20,22H,7-14H2,1-2H3. The van der Waals surface area contributed by atoms with E-state index >= 15 is 0 Å². The number of carbonyl (C=O) groups is 1. The van der Waals surface area contributed by atoms with Crippen LogP contribution in [-0.4, -0.2) is 48.8 Å². The van der Waals surface area contributed by atoms with E-state index in [1.807, 2.05) is 32.0 Å². The summed E-state index contributed by atoms with van der Waals surface area (Å²) in [5.41, 5.74) is 2.18. The predicted molar refractivity (Wildman–Crippen MR) is 95.8 cm³/mol. The summed E-state index contributed by atoms with van der Waals surface area (Å²) >= 11 is 0. The van der Waals surface area contributed by atoms with Crippen LogP contribution in [-0.2, 0) is 16.1 Å². The number of rotatable bonds is 8. The Bertz CT molecular complexity index is 511. The highest BCUT2D eigenvalue weighted by atomic mass is 16.5. The van der Waals surface area contributed by atoms with Crippen LogP contribution in [0.15, 0.2) is 24.3 Å². The molecular formula is C19H30N2O3. The fourth-order valence-corrected chi connectivity index (χ4v) is 2.88. The molecule has 0 bridgehead atoms. The molecule has 134 valence electrons. The minimum Gasteiger partial charge on any atom is -0.464 e. The Morgan fingerprint density at radius 3 is 2.71 bits per heavy atom. The maximum atomic E-state index is 11.8. The first-order valence-corrected chi connectivity index (χ1v) is 8.89. The number of aliphatic hydroxyl groups is 1. The van der Waals surface area contributed by atoms with Gasteiger partial charge in [0, 0.05) is 18.8 Å². The average Bonchev–Trinajstić information content (AvgIpc) is 2.60. The molecule has 1 aromatic rings. The van der Waals surface area contributed by atoms with Crippen molar-refractivity contribution in [1.29, 1.82) is 0 Å². The first kappa shape index (κ1) is 18.7. The summed E-state index contributed by atoms with van der Waals surface area (Å²) in [7, 11) is 0. The summed E-state index contributed by atoms with van der Waals surface area (Å²) in [6.45, 7) is 7.88. The molecule has 0 aliphatic carbocycles. The van der Waals surface area contributed by atoms with Crippen LogP contribution in [0.2, 0.25) is 0 Å². The fourth-order valence-electron chi connectivity index (χ4n) is 2.88. The number of likely N-dealkylation sites (tertiary alicyclic amines) is 1. The van der Waals surface area contributed by atoms with E-state index in [4.69, 9.17) is 4.74 Å². The smallest absolute Gasteiger partial charge is 0.325 e. The largest absolute Gasteiger partial charge is 0.464 e. The van der Waals surface area contributed by atoms with Crippen LogP contribution >= 0.6 is 0 Å². The van der Waals surface area contributed by atoms with Crippen molar-refractivity contribution in [2.45, 2.75) is 33.2 Å². The number of hydrogen-bond acceptors (Lipinski definition) is 5. The molecule has 0 amide bonds. The number of benzene rings is 1. The molecular weight excluding hydrogens is 304 g/mol. The van der Waals surface area contributed by atoms with E-state index in [0.717, 1.165) is 38.2 Å². The normalized spacial score (nSPS) is 16.3. The number of aliphatic hydroxyl groups excluding tert-OH is 1. The number of anilines is 1. The summed E-state index contributed by atoms with van der Waals surface area (Å²) in [5, 5.41) is 12.4. The first-order chi connectivity index (χ1) is 11.6. The van der Waals surface area contributed by atoms with Gasteiger partial charge in [0.2, 0.25) is 0 Å². The summed E-state index contributed by atoms with van der Waals surface area (Å²) in [6, 6.07) is 8.10. The van der Waals surface area contributed by atoms with Gasteiger partial charge in [-0.2, -0.15) is 0 Å². The Morgan fingerprint density at radius 1 is 1.33 bits per heavy atom. The SMILES string of the molecule is CC(C)COC(=O)CNc1ccccc1CN1CCC(CO)CC1. The number of hydrogen-bond donors (Lipinski definition) is 2. The lowest BCUT2D eigenvalue weighted by atomic mass is 9.97. The predicted octanol–water partition coefficient (Wildman–Crippen LogP) is 2.50. The van der Waals surface area contributed by atoms with E-state index < -0.39 is 0 Å². The molecule has 1 aliphatic heterocycles. The second kappa shape index (κ2) is 9.64. The van der Waals surface area contributed by atoms with Crippen LogP contribution in [0.25, 0.3) is 0 Å². The highest BCUT2D eigenvalue weighted by molar-refractivity contribution is 5.75. The van der Waals surface area contributed by atoms with Gasteiger partial charge in [0.15, 0.2) is 0 Å². The van der Waals surface area contributed by atoms with Gasteiger partial charge in [0.05, 0.1) is 6.61 Å². The van der Waals surface area contributed by atoms with Crippen molar-refractivity contribution < 1.29 is 14.6 Å². The highest BCUT2D eigenvalue weighted by Crippen LogP contribution is 2.22. The van der Waals surface area contributed by atoms with Gasteiger partial charge in [-0.25, -0.2) is 0 Å². The van der Waals surface area contributed by atoms with Crippen LogP contribution in [0.5, 0.6) is 0 Å². The first-order valence-electron chi connectivity index (χ1n) is 8.89. The quantitative estimate of drug-likeness (QED) is 0.715. The van der Waals surface area contributed by atoms with Crippen molar-refractivity contribution in [2.75, 3.05) is 38.2 Å². The summed E-state index contributed by atoms with van der Waals surface area (Å²) in [6.07, 6.45) is 2.10. The van der Waals surface area contributed by atoms with Gasteiger partial charge >= 0.3 is 5.97 Å². The van der Waals surface area contributed by atoms with E-state index in [1.165, 1.54) is 5.56 Å². The van der Waals surface area contributed by atoms with Crippen molar-refractivity contribution in [1.82, 2.24) is 4.90 Å². The van der Waals surface area contributed by atoms with Gasteiger partial charge in [-0.15, -0.1) is 0 Å². The van der Waals surface area contributed by atoms with Gasteiger partial charge in [0.1, 0.15) is 6.54 Å². The third-order valence-electron chi connectivity index (χ3n) is 4.38. The van der Waals surface area contributed by atoms with E-state index in [1.54, 1.807) is 0 Å². The van der Waals surface area contributed by atoms with E-state index in [0.29, 0.717) is 25.0 Å². The lowest BCUT2D eigenvalue weighted by molar-refractivity contribution is -0.142. The minimum atomic E-state index is -0.220. The topological polar surface area (TPSA) is 61.8 Å². The minimum absolute atomic E-state index is 0.191. The molecule has 1 aliphatic rings. The van der Waals surface area contributed by atoms with Gasteiger partial charge in [-0.1, -0.05) is 32.0 Å². The molecule has 5 nitrogen and oxygen atoms in total. The molecule has 24 heavy (non-hydrogen) atoms. The third kappa shape index (κ3) is 6.13. The number of carbonyl (C=O) groups excluding carboxylic acids is 1. The summed E-state index contributed by atoms with van der Waals surface area (Å²) in [4.78, 5) is 14.2. The zero-order valence-corrected chi connectivity index (χ0v) is 14.8. The molecule has 0 saturated carbocycles. The van der Waals surface area contributed by atoms with Crippen LogP contribution in [0.1, 0.15) is 32.3 Å². The zero-order valence-electron chi connectivity index (χ0n) is 14.8. The lowest BCUT2D eigenvalue weighted by Gasteiger charge is -2.31. The fraction of sp³-hybridized carbons (Fsp3) is 0.632. The van der Waals surface area contributed by atoms with Gasteiger partial charge in [0.25, 0.3) is 0 Å². The van der Waals surface area contributed by atoms with E-state index in [9.17, 15) is 9.90 Å². The molecule has 1 heterocycles. The van der Waals surface area contributed by atoms with Crippen molar-refractivity contribution in [2.24, 2.45) is 11.8 Å². The van der Waals surface area contributed by atoms with E-state index in [-0.39, 0.29) is 12.5 Å². The Hall–Kier alpha value is -1.59. The molecule has 1 fully saturated rings. The second-order valence-electron chi connectivity index (χ2n) is 6.99. The van der Waals surface area contributed by atoms with Crippen LogP contribution in [0, 0.1) is 11.8 Å². The number of nitrogens with zero attached hydrogens (tertiary/aromatic N) is 1. The number of para-hydroxylation sites is 1. The molecule has 5 heteroatoms. The van der Waals surface area contributed by atoms with Gasteiger partial charge in [-0.05, 0) is 49.4 Å². The Labute approximate surface area is 145 Å². The molecule has 0 radical (unpaired) electrons. The molecule has 0 atom stereocenters. The Morgan fingerprint density at radius 2 is 2.04 bits per heavy atom. The summed E-state index contributed by atoms with van der Waals surface area (Å²) in [5.74, 6) is 0.579. The number of esters is 1. The second-order valence-corrected chi connectivity index (χ2v) is 6.99. The average molecular weight is 334 g/mol. The number of nitrogens with one attached hydrogen (secondary N) is 1. The molecule has 1 aromatic carbocycles. The van der Waals surface area contributed by atoms with Crippen LogP contribution in [0.4, 0.5) is 5.69 Å². The van der Waals surface area contributed by atoms with Crippen LogP contribution < -0.4 is 5.32 Å². The molecule has 0 aromatic heterocycles. The molecule has 0 unspecified atom stereocenters. The summed E-state index contributed by atoms with van der Waals surface area (Å²) < 4.78 is 5.20. The van der Waals surface area contributed by atoms with Gasteiger partial charge in [-0.3, -0.25) is 9.69 Å². The van der Waals surface area contributed by atoms with Crippen molar-refractivity contribution in [3.8, 4) is 0 Å². The Balaban J connectivity index is 1.85. The van der Waals surface area contributed by atoms with Crippen molar-refractivity contribution >= 4 is 11.7 Å². The molecule has 2 rings (SSSR count). The molecule has 0 spiro atoms.